The molecule has 2 amide bonds. The number of piperidine rings is 1. The van der Waals surface area contributed by atoms with Gasteiger partial charge in [-0.1, -0.05) is 13.8 Å². The molecule has 8 heteroatoms. The van der Waals surface area contributed by atoms with Gasteiger partial charge in [-0.25, -0.2) is 4.98 Å². The van der Waals surface area contributed by atoms with E-state index in [1.165, 1.54) is 11.3 Å². The molecule has 2 heterocycles. The molecular weight excluding hydrogens is 348 g/mol. The maximum atomic E-state index is 12.4. The highest BCUT2D eigenvalue weighted by Crippen LogP contribution is 2.18. The van der Waals surface area contributed by atoms with E-state index in [9.17, 15) is 9.59 Å². The number of amides is 2. The zero-order valence-corrected chi connectivity index (χ0v) is 15.9. The molecule has 1 aromatic heterocycles. The highest BCUT2D eigenvalue weighted by Gasteiger charge is 2.27. The van der Waals surface area contributed by atoms with E-state index in [4.69, 9.17) is 5.73 Å². The van der Waals surface area contributed by atoms with Crippen LogP contribution in [0.4, 0.5) is 0 Å². The van der Waals surface area contributed by atoms with E-state index >= 15 is 0 Å². The van der Waals surface area contributed by atoms with Gasteiger partial charge in [0.15, 0.2) is 0 Å². The number of likely N-dealkylation sites (tertiary alicyclic amines) is 1. The Bertz CT molecular complexity index is 540. The van der Waals surface area contributed by atoms with Gasteiger partial charge in [0.1, 0.15) is 10.7 Å². The molecule has 0 unspecified atom stereocenters. The normalized spacial score (nSPS) is 15.2. The Hall–Kier alpha value is -1.18. The standard InChI is InChI=1S/C16H26N4O2S.ClH/c1-3-11(4-2)16(22)20-7-5-12(6-8-20)18-15(21)13-10-23-14(9-17)19-13;/h10-12H,3-9,17H2,1-2H3,(H,18,21);1H. The zero-order chi connectivity index (χ0) is 16.8. The lowest BCUT2D eigenvalue weighted by molar-refractivity contribution is -0.136. The van der Waals surface area contributed by atoms with Crippen LogP contribution in [0.1, 0.15) is 55.0 Å². The highest BCUT2D eigenvalue weighted by molar-refractivity contribution is 7.09. The third-order valence-electron chi connectivity index (χ3n) is 4.44. The number of hydrogen-bond acceptors (Lipinski definition) is 5. The van der Waals surface area contributed by atoms with Crippen molar-refractivity contribution >= 4 is 35.6 Å². The number of aromatic nitrogens is 1. The molecule has 0 spiro atoms. The van der Waals surface area contributed by atoms with Crippen molar-refractivity contribution in [1.82, 2.24) is 15.2 Å². The van der Waals surface area contributed by atoms with Crippen molar-refractivity contribution in [2.75, 3.05) is 13.1 Å². The van der Waals surface area contributed by atoms with E-state index in [1.807, 2.05) is 4.90 Å². The van der Waals surface area contributed by atoms with Crippen molar-refractivity contribution in [3.8, 4) is 0 Å². The highest BCUT2D eigenvalue weighted by atomic mass is 35.5. The first kappa shape index (κ1) is 20.9. The van der Waals surface area contributed by atoms with Crippen molar-refractivity contribution in [3.05, 3.63) is 16.1 Å². The Kier molecular flexibility index (Phi) is 8.66. The van der Waals surface area contributed by atoms with Crippen LogP contribution in [-0.4, -0.2) is 40.8 Å². The third kappa shape index (κ3) is 5.16. The maximum Gasteiger partial charge on any atom is 0.270 e. The number of halogens is 1. The van der Waals surface area contributed by atoms with Crippen LogP contribution in [0.5, 0.6) is 0 Å². The van der Waals surface area contributed by atoms with Crippen molar-refractivity contribution in [3.63, 3.8) is 0 Å². The van der Waals surface area contributed by atoms with Crippen molar-refractivity contribution < 1.29 is 9.59 Å². The van der Waals surface area contributed by atoms with Crippen LogP contribution in [0, 0.1) is 5.92 Å². The van der Waals surface area contributed by atoms with Crippen molar-refractivity contribution in [1.29, 1.82) is 0 Å². The summed E-state index contributed by atoms with van der Waals surface area (Å²) in [6, 6.07) is 0.108. The van der Waals surface area contributed by atoms with Crippen molar-refractivity contribution in [2.24, 2.45) is 11.7 Å². The lowest BCUT2D eigenvalue weighted by Gasteiger charge is -2.34. The summed E-state index contributed by atoms with van der Waals surface area (Å²) in [7, 11) is 0. The van der Waals surface area contributed by atoms with Crippen LogP contribution in [0.2, 0.25) is 0 Å². The van der Waals surface area contributed by atoms with Gasteiger partial charge in [0.25, 0.3) is 5.91 Å². The maximum absolute atomic E-state index is 12.4. The molecule has 3 N–H and O–H groups in total. The van der Waals surface area contributed by atoms with Gasteiger partial charge >= 0.3 is 0 Å². The summed E-state index contributed by atoms with van der Waals surface area (Å²) < 4.78 is 0. The van der Waals surface area contributed by atoms with Crippen LogP contribution in [0.15, 0.2) is 5.38 Å². The van der Waals surface area contributed by atoms with Crippen molar-refractivity contribution in [2.45, 2.75) is 52.1 Å². The van der Waals surface area contributed by atoms with Crippen LogP contribution < -0.4 is 11.1 Å². The smallest absolute Gasteiger partial charge is 0.270 e. The molecular formula is C16H27ClN4O2S. The minimum atomic E-state index is -0.147. The molecule has 1 saturated heterocycles. The minimum absolute atomic E-state index is 0. The Morgan fingerprint density at radius 3 is 2.50 bits per heavy atom. The topological polar surface area (TPSA) is 88.3 Å². The van der Waals surface area contributed by atoms with E-state index in [-0.39, 0.29) is 36.2 Å². The lowest BCUT2D eigenvalue weighted by Crippen LogP contribution is -2.48. The molecule has 0 aliphatic carbocycles. The first-order valence-electron chi connectivity index (χ1n) is 8.33. The second-order valence-electron chi connectivity index (χ2n) is 5.92. The van der Waals surface area contributed by atoms with Crippen LogP contribution in [0.25, 0.3) is 0 Å². The largest absolute Gasteiger partial charge is 0.348 e. The average molecular weight is 375 g/mol. The zero-order valence-electron chi connectivity index (χ0n) is 14.3. The fourth-order valence-corrected chi connectivity index (χ4v) is 3.56. The number of nitrogens with one attached hydrogen (secondary N) is 1. The molecule has 1 aliphatic heterocycles. The van der Waals surface area contributed by atoms with Gasteiger partial charge in [-0.2, -0.15) is 0 Å². The van der Waals surface area contributed by atoms with E-state index in [0.29, 0.717) is 25.3 Å². The molecule has 1 fully saturated rings. The van der Waals surface area contributed by atoms with Gasteiger partial charge in [0, 0.05) is 37.0 Å². The first-order valence-corrected chi connectivity index (χ1v) is 9.21. The van der Waals surface area contributed by atoms with E-state index < -0.39 is 0 Å². The Labute approximate surface area is 153 Å². The van der Waals surface area contributed by atoms with E-state index in [1.54, 1.807) is 5.38 Å². The molecule has 0 saturated carbocycles. The van der Waals surface area contributed by atoms with Gasteiger partial charge in [-0.3, -0.25) is 9.59 Å². The van der Waals surface area contributed by atoms with Gasteiger partial charge in [0.05, 0.1) is 0 Å². The molecule has 0 aromatic carbocycles. The fourth-order valence-electron chi connectivity index (χ4n) is 2.91. The Balaban J connectivity index is 0.00000288. The number of nitrogens with two attached hydrogens (primary N) is 1. The summed E-state index contributed by atoms with van der Waals surface area (Å²) in [5.41, 5.74) is 5.95. The summed E-state index contributed by atoms with van der Waals surface area (Å²) in [6.45, 7) is 5.90. The summed E-state index contributed by atoms with van der Waals surface area (Å²) in [5.74, 6) is 0.239. The molecule has 0 bridgehead atoms. The number of rotatable bonds is 6. The van der Waals surface area contributed by atoms with Gasteiger partial charge in [0.2, 0.25) is 5.91 Å². The average Bonchev–Trinajstić information content (AvgIpc) is 3.06. The number of nitrogens with zero attached hydrogens (tertiary/aromatic N) is 2. The summed E-state index contributed by atoms with van der Waals surface area (Å²) in [5, 5.41) is 5.52. The molecule has 2 rings (SSSR count). The van der Waals surface area contributed by atoms with Gasteiger partial charge < -0.3 is 16.0 Å². The molecule has 136 valence electrons. The number of carbonyl (C=O) groups excluding carboxylic acids is 2. The molecule has 0 radical (unpaired) electrons. The number of hydrogen-bond donors (Lipinski definition) is 2. The van der Waals surface area contributed by atoms with Crippen LogP contribution >= 0.6 is 23.7 Å². The molecule has 0 atom stereocenters. The Morgan fingerprint density at radius 2 is 2.00 bits per heavy atom. The fraction of sp³-hybridized carbons (Fsp3) is 0.688. The summed E-state index contributed by atoms with van der Waals surface area (Å²) in [4.78, 5) is 30.7. The van der Waals surface area contributed by atoms with E-state index in [2.05, 4.69) is 24.1 Å². The van der Waals surface area contributed by atoms with Gasteiger partial charge in [-0.05, 0) is 25.7 Å². The predicted octanol–water partition coefficient (Wildman–Crippen LogP) is 2.18. The first-order chi connectivity index (χ1) is 11.1. The SMILES string of the molecule is CCC(CC)C(=O)N1CCC(NC(=O)c2csc(CN)n2)CC1.Cl. The number of thiazole rings is 1. The lowest BCUT2D eigenvalue weighted by atomic mass is 9.98. The summed E-state index contributed by atoms with van der Waals surface area (Å²) >= 11 is 1.40. The van der Waals surface area contributed by atoms with Crippen LogP contribution in [-0.2, 0) is 11.3 Å². The molecule has 1 aliphatic rings. The molecule has 1 aromatic rings. The molecule has 24 heavy (non-hydrogen) atoms. The van der Waals surface area contributed by atoms with Crippen LogP contribution in [0.3, 0.4) is 0 Å². The Morgan fingerprint density at radius 1 is 1.38 bits per heavy atom. The molecule has 6 nitrogen and oxygen atoms in total. The third-order valence-corrected chi connectivity index (χ3v) is 5.31. The second-order valence-corrected chi connectivity index (χ2v) is 6.86. The minimum Gasteiger partial charge on any atom is -0.348 e. The summed E-state index contributed by atoms with van der Waals surface area (Å²) in [6.07, 6.45) is 3.37. The predicted molar refractivity (Wildman–Crippen MR) is 98.4 cm³/mol. The van der Waals surface area contributed by atoms with Gasteiger partial charge in [-0.15, -0.1) is 23.7 Å². The monoisotopic (exact) mass is 374 g/mol. The quantitative estimate of drug-likeness (QED) is 0.798. The van der Waals surface area contributed by atoms with E-state index in [0.717, 1.165) is 30.7 Å². The second kappa shape index (κ2) is 9.96. The number of carbonyl (C=O) groups is 2.